The number of benzene rings is 1. The van der Waals surface area contributed by atoms with Gasteiger partial charge in [-0.05, 0) is 38.3 Å². The molecule has 0 bridgehead atoms. The number of rotatable bonds is 1. The highest BCUT2D eigenvalue weighted by Crippen LogP contribution is 2.26. The number of nitrogens with one attached hydrogen (secondary N) is 1. The van der Waals surface area contributed by atoms with Crippen molar-refractivity contribution in [3.05, 3.63) is 28.8 Å². The van der Waals surface area contributed by atoms with E-state index in [9.17, 15) is 9.90 Å². The van der Waals surface area contributed by atoms with Gasteiger partial charge in [-0.1, -0.05) is 23.7 Å². The summed E-state index contributed by atoms with van der Waals surface area (Å²) in [6.07, 6.45) is 1.53. The van der Waals surface area contributed by atoms with E-state index >= 15 is 0 Å². The highest BCUT2D eigenvalue weighted by atomic mass is 35.5. The fourth-order valence-electron chi connectivity index (χ4n) is 2.37. The molecule has 0 unspecified atom stereocenters. The number of halogens is 1. The summed E-state index contributed by atoms with van der Waals surface area (Å²) >= 11 is 6.09. The number of amides is 2. The number of nitrogens with zero attached hydrogens (tertiary/aromatic N) is 1. The summed E-state index contributed by atoms with van der Waals surface area (Å²) in [5.41, 5.74) is 0.759. The van der Waals surface area contributed by atoms with Crippen molar-refractivity contribution in [2.24, 2.45) is 0 Å². The Bertz CT molecular complexity index is 468. The Morgan fingerprint density at radius 2 is 2.26 bits per heavy atom. The lowest BCUT2D eigenvalue weighted by Crippen LogP contribution is -2.50. The average Bonchev–Trinajstić information content (AvgIpc) is 2.32. The zero-order valence-electron chi connectivity index (χ0n) is 11.2. The first-order chi connectivity index (χ1) is 8.89. The van der Waals surface area contributed by atoms with Crippen LogP contribution in [0.1, 0.15) is 25.3 Å². The molecule has 5 heteroatoms. The summed E-state index contributed by atoms with van der Waals surface area (Å²) < 4.78 is 0. The molecule has 19 heavy (non-hydrogen) atoms. The van der Waals surface area contributed by atoms with Gasteiger partial charge in [0.05, 0.1) is 22.9 Å². The van der Waals surface area contributed by atoms with Crippen LogP contribution in [-0.2, 0) is 0 Å². The molecule has 1 saturated heterocycles. The van der Waals surface area contributed by atoms with Gasteiger partial charge >= 0.3 is 6.03 Å². The first-order valence-electron chi connectivity index (χ1n) is 6.42. The zero-order chi connectivity index (χ0) is 14.0. The summed E-state index contributed by atoms with van der Waals surface area (Å²) in [5.74, 6) is 0. The van der Waals surface area contributed by atoms with Gasteiger partial charge in [0, 0.05) is 6.54 Å². The number of hydrogen-bond acceptors (Lipinski definition) is 2. The predicted molar refractivity (Wildman–Crippen MR) is 76.6 cm³/mol. The first-order valence-corrected chi connectivity index (χ1v) is 6.80. The highest BCUT2D eigenvalue weighted by Gasteiger charge is 2.31. The molecule has 1 aromatic carbocycles. The maximum absolute atomic E-state index is 12.2. The number of aryl methyl sites for hydroxylation is 1. The van der Waals surface area contributed by atoms with Crippen LogP contribution in [0.2, 0.25) is 5.02 Å². The lowest BCUT2D eigenvalue weighted by Gasteiger charge is -2.36. The van der Waals surface area contributed by atoms with Crippen molar-refractivity contribution in [2.75, 3.05) is 18.4 Å². The topological polar surface area (TPSA) is 52.6 Å². The lowest BCUT2D eigenvalue weighted by atomic mass is 9.95. The Morgan fingerprint density at radius 3 is 2.89 bits per heavy atom. The Kier molecular flexibility index (Phi) is 4.02. The van der Waals surface area contributed by atoms with E-state index in [4.69, 9.17) is 11.6 Å². The molecule has 1 aliphatic rings. The Morgan fingerprint density at radius 1 is 1.53 bits per heavy atom. The minimum absolute atomic E-state index is 0.212. The number of para-hydroxylation sites is 1. The molecule has 2 N–H and O–H groups in total. The van der Waals surface area contributed by atoms with Crippen LogP contribution in [-0.4, -0.2) is 34.7 Å². The van der Waals surface area contributed by atoms with Gasteiger partial charge in [-0.15, -0.1) is 0 Å². The number of anilines is 1. The lowest BCUT2D eigenvalue weighted by molar-refractivity contribution is -0.000634. The van der Waals surface area contributed by atoms with Crippen LogP contribution in [0.15, 0.2) is 18.2 Å². The standard InChI is InChI=1S/C14H19ClN2O2/c1-10-5-3-6-11(15)12(10)16-13(18)17-8-4-7-14(2,19)9-17/h3,5-6,19H,4,7-9H2,1-2H3,(H,16,18)/t14-/m1/s1. The molecule has 0 saturated carbocycles. The van der Waals surface area contributed by atoms with Crippen molar-refractivity contribution in [3.8, 4) is 0 Å². The van der Waals surface area contributed by atoms with E-state index in [-0.39, 0.29) is 6.03 Å². The first kappa shape index (κ1) is 14.2. The zero-order valence-corrected chi connectivity index (χ0v) is 12.0. The number of hydrogen-bond donors (Lipinski definition) is 2. The number of β-amino-alcohol motifs (C(OH)–C–C–N with tert-alkyl or cyclic N) is 1. The Labute approximate surface area is 118 Å². The second kappa shape index (κ2) is 5.39. The summed E-state index contributed by atoms with van der Waals surface area (Å²) in [6, 6.07) is 5.28. The van der Waals surface area contributed by atoms with Crippen molar-refractivity contribution in [2.45, 2.75) is 32.3 Å². The van der Waals surface area contributed by atoms with Crippen molar-refractivity contribution in [3.63, 3.8) is 0 Å². The largest absolute Gasteiger partial charge is 0.388 e. The monoisotopic (exact) mass is 282 g/mol. The van der Waals surface area contributed by atoms with E-state index in [1.54, 1.807) is 17.9 Å². The summed E-state index contributed by atoms with van der Waals surface area (Å²) in [6.45, 7) is 4.66. The Balaban J connectivity index is 2.09. The maximum Gasteiger partial charge on any atom is 0.321 e. The molecule has 1 heterocycles. The minimum atomic E-state index is -0.800. The highest BCUT2D eigenvalue weighted by molar-refractivity contribution is 6.33. The van der Waals surface area contributed by atoms with E-state index < -0.39 is 5.60 Å². The van der Waals surface area contributed by atoms with Gasteiger partial charge in [-0.3, -0.25) is 0 Å². The van der Waals surface area contributed by atoms with Crippen LogP contribution in [0.25, 0.3) is 0 Å². The van der Waals surface area contributed by atoms with E-state index in [2.05, 4.69) is 5.32 Å². The van der Waals surface area contributed by atoms with Crippen molar-refractivity contribution in [1.29, 1.82) is 0 Å². The maximum atomic E-state index is 12.2. The van der Waals surface area contributed by atoms with E-state index in [1.165, 1.54) is 0 Å². The fraction of sp³-hybridized carbons (Fsp3) is 0.500. The molecule has 0 spiro atoms. The molecule has 1 aromatic rings. The summed E-state index contributed by atoms with van der Waals surface area (Å²) in [4.78, 5) is 13.8. The van der Waals surface area contributed by atoms with Crippen molar-refractivity contribution < 1.29 is 9.90 Å². The molecule has 1 fully saturated rings. The Hall–Kier alpha value is -1.26. The van der Waals surface area contributed by atoms with E-state index in [0.717, 1.165) is 18.4 Å². The molecule has 2 amide bonds. The quantitative estimate of drug-likeness (QED) is 0.832. The SMILES string of the molecule is Cc1cccc(Cl)c1NC(=O)N1CCC[C@@](C)(O)C1. The fourth-order valence-corrected chi connectivity index (χ4v) is 2.64. The second-order valence-corrected chi connectivity index (χ2v) is 5.79. The van der Waals surface area contributed by atoms with Gasteiger partial charge in [0.1, 0.15) is 0 Å². The molecule has 0 aliphatic carbocycles. The van der Waals surface area contributed by atoms with E-state index in [1.807, 2.05) is 19.1 Å². The van der Waals surface area contributed by atoms with Gasteiger partial charge < -0.3 is 15.3 Å². The number of aliphatic hydroxyl groups is 1. The summed E-state index contributed by atoms with van der Waals surface area (Å²) in [7, 11) is 0. The number of likely N-dealkylation sites (tertiary alicyclic amines) is 1. The smallest absolute Gasteiger partial charge is 0.321 e. The normalized spacial score (nSPS) is 23.3. The van der Waals surface area contributed by atoms with Gasteiger partial charge in [0.15, 0.2) is 0 Å². The molecule has 1 aliphatic heterocycles. The number of urea groups is 1. The van der Waals surface area contributed by atoms with E-state index in [0.29, 0.717) is 23.8 Å². The molecule has 1 atom stereocenters. The van der Waals surface area contributed by atoms with Crippen LogP contribution in [0.4, 0.5) is 10.5 Å². The second-order valence-electron chi connectivity index (χ2n) is 5.38. The van der Waals surface area contributed by atoms with Crippen LogP contribution in [0.3, 0.4) is 0 Å². The third-order valence-corrected chi connectivity index (χ3v) is 3.73. The van der Waals surface area contributed by atoms with Crippen LogP contribution < -0.4 is 5.32 Å². The van der Waals surface area contributed by atoms with Crippen LogP contribution >= 0.6 is 11.6 Å². The molecular formula is C14H19ClN2O2. The van der Waals surface area contributed by atoms with Crippen molar-refractivity contribution in [1.82, 2.24) is 4.90 Å². The number of piperidine rings is 1. The molecule has 0 radical (unpaired) electrons. The molecule has 104 valence electrons. The molecule has 0 aromatic heterocycles. The summed E-state index contributed by atoms with van der Waals surface area (Å²) in [5, 5.41) is 13.4. The molecular weight excluding hydrogens is 264 g/mol. The van der Waals surface area contributed by atoms with Crippen LogP contribution in [0, 0.1) is 6.92 Å². The van der Waals surface area contributed by atoms with Crippen LogP contribution in [0.5, 0.6) is 0 Å². The molecule has 4 nitrogen and oxygen atoms in total. The number of carbonyl (C=O) groups excluding carboxylic acids is 1. The van der Waals surface area contributed by atoms with Gasteiger partial charge in [0.25, 0.3) is 0 Å². The van der Waals surface area contributed by atoms with Gasteiger partial charge in [-0.25, -0.2) is 4.79 Å². The third kappa shape index (κ3) is 3.39. The predicted octanol–water partition coefficient (Wildman–Crippen LogP) is 3.03. The van der Waals surface area contributed by atoms with Gasteiger partial charge in [-0.2, -0.15) is 0 Å². The molecule has 2 rings (SSSR count). The minimum Gasteiger partial charge on any atom is -0.388 e. The average molecular weight is 283 g/mol. The van der Waals surface area contributed by atoms with Crippen molar-refractivity contribution >= 4 is 23.3 Å². The number of carbonyl (C=O) groups is 1. The third-order valence-electron chi connectivity index (χ3n) is 3.42. The van der Waals surface area contributed by atoms with Gasteiger partial charge in [0.2, 0.25) is 0 Å².